The predicted octanol–water partition coefficient (Wildman–Crippen LogP) is 13.0. The number of piperidine rings is 3. The molecule has 0 aromatic carbocycles. The summed E-state index contributed by atoms with van der Waals surface area (Å²) in [7, 11) is 2.47. The Kier molecular flexibility index (Phi) is 26.9. The van der Waals surface area contributed by atoms with Crippen molar-refractivity contribution in [2.75, 3.05) is 59.4 Å². The third-order valence-electron chi connectivity index (χ3n) is 12.3. The molecule has 3 rings (SSSR count). The van der Waals surface area contributed by atoms with Crippen LogP contribution in [0, 0.1) is 21.7 Å². The first-order valence-corrected chi connectivity index (χ1v) is 23.3. The van der Waals surface area contributed by atoms with Crippen molar-refractivity contribution >= 4 is 11.9 Å². The van der Waals surface area contributed by atoms with Crippen LogP contribution in [0.25, 0.3) is 0 Å². The van der Waals surface area contributed by atoms with E-state index < -0.39 is 11.4 Å². The van der Waals surface area contributed by atoms with Crippen molar-refractivity contribution in [1.29, 1.82) is 0 Å². The van der Waals surface area contributed by atoms with E-state index in [0.29, 0.717) is 16.7 Å². The molecule has 0 aliphatic carbocycles. The molecule has 0 spiro atoms. The molecular weight excluding hydrogens is 667 g/mol. The van der Waals surface area contributed by atoms with E-state index in [4.69, 9.17) is 5.11 Å². The molecule has 3 heterocycles. The molecule has 0 aromatic rings. The number of likely N-dealkylation sites (tertiary alicyclic amines) is 3. The van der Waals surface area contributed by atoms with Crippen molar-refractivity contribution < 1.29 is 19.2 Å². The number of quaternary nitrogens is 1. The van der Waals surface area contributed by atoms with Crippen LogP contribution < -0.4 is 0 Å². The molecule has 3 aliphatic heterocycles. The zero-order chi connectivity index (χ0) is 41.3. The molecule has 54 heavy (non-hydrogen) atoms. The Labute approximate surface area is 338 Å². The van der Waals surface area contributed by atoms with Crippen molar-refractivity contribution in [3.8, 4) is 0 Å². The summed E-state index contributed by atoms with van der Waals surface area (Å²) in [5, 5.41) is 8.67. The van der Waals surface area contributed by atoms with Gasteiger partial charge >= 0.3 is 5.97 Å². The Balaban J connectivity index is 0.000000702. The Morgan fingerprint density at radius 3 is 1.37 bits per heavy atom. The number of aliphatic carboxylic acids is 1. The van der Waals surface area contributed by atoms with Crippen LogP contribution in [0.5, 0.6) is 0 Å². The minimum Gasteiger partial charge on any atom is -0.481 e. The number of carboxylic acids is 1. The maximum absolute atomic E-state index is 12.3. The molecule has 0 atom stereocenters. The fraction of sp³-hybridized carbons (Fsp3) is 0.958. The van der Waals surface area contributed by atoms with E-state index >= 15 is 0 Å². The van der Waals surface area contributed by atoms with Gasteiger partial charge in [0.05, 0.1) is 32.1 Å². The van der Waals surface area contributed by atoms with Crippen LogP contribution in [-0.4, -0.2) is 90.7 Å². The molecule has 0 bridgehead atoms. The number of unbranched alkanes of at least 4 members (excludes halogenated alkanes) is 4. The summed E-state index contributed by atoms with van der Waals surface area (Å²) >= 11 is 0. The number of carboxylic acid groups (broad SMARTS) is 1. The third kappa shape index (κ3) is 24.5. The summed E-state index contributed by atoms with van der Waals surface area (Å²) in [6.45, 7) is 36.5. The summed E-state index contributed by atoms with van der Waals surface area (Å²) in [4.78, 5) is 27.5. The van der Waals surface area contributed by atoms with Crippen LogP contribution in [0.15, 0.2) is 0 Å². The van der Waals surface area contributed by atoms with Crippen LogP contribution in [-0.2, 0) is 9.59 Å². The van der Waals surface area contributed by atoms with Crippen molar-refractivity contribution in [1.82, 2.24) is 9.80 Å². The highest BCUT2D eigenvalue weighted by Crippen LogP contribution is 2.30. The molecule has 0 unspecified atom stereocenters. The molecule has 3 fully saturated rings. The first-order valence-electron chi connectivity index (χ1n) is 23.3. The smallest absolute Gasteiger partial charge is 0.309 e. The topological polar surface area (TPSA) is 60.9 Å². The van der Waals surface area contributed by atoms with Crippen LogP contribution >= 0.6 is 0 Å². The highest BCUT2D eigenvalue weighted by molar-refractivity contribution is 5.82. The van der Waals surface area contributed by atoms with Crippen LogP contribution in [0.2, 0.25) is 0 Å². The Hall–Kier alpha value is -1.14. The van der Waals surface area contributed by atoms with Gasteiger partial charge in [0.25, 0.3) is 0 Å². The van der Waals surface area contributed by atoms with Crippen molar-refractivity contribution in [3.05, 3.63) is 0 Å². The molecule has 6 nitrogen and oxygen atoms in total. The van der Waals surface area contributed by atoms with Gasteiger partial charge in [-0.3, -0.25) is 9.59 Å². The van der Waals surface area contributed by atoms with Gasteiger partial charge in [0.15, 0.2) is 0 Å². The second-order valence-electron chi connectivity index (χ2n) is 20.8. The number of rotatable bonds is 18. The van der Waals surface area contributed by atoms with Crippen LogP contribution in [0.4, 0.5) is 0 Å². The number of amides is 1. The van der Waals surface area contributed by atoms with Gasteiger partial charge in [-0.1, -0.05) is 127 Å². The predicted molar refractivity (Wildman–Crippen MR) is 236 cm³/mol. The highest BCUT2D eigenvalue weighted by atomic mass is 16.4. The summed E-state index contributed by atoms with van der Waals surface area (Å²) in [6, 6.07) is 0. The Morgan fingerprint density at radius 2 is 0.926 bits per heavy atom. The minimum atomic E-state index is -0.694. The average Bonchev–Trinajstić information content (AvgIpc) is 3.12. The second kappa shape index (κ2) is 27.5. The Morgan fingerprint density at radius 1 is 0.537 bits per heavy atom. The lowest BCUT2D eigenvalue weighted by Gasteiger charge is -2.43. The maximum Gasteiger partial charge on any atom is 0.309 e. The minimum absolute atomic E-state index is 0.145. The van der Waals surface area contributed by atoms with Crippen LogP contribution in [0.1, 0.15) is 218 Å². The lowest BCUT2D eigenvalue weighted by atomic mass is 9.85. The molecular formula is C48H98N3O3+. The molecule has 0 saturated carbocycles. The van der Waals surface area contributed by atoms with E-state index in [1.54, 1.807) is 13.8 Å². The highest BCUT2D eigenvalue weighted by Gasteiger charge is 2.33. The maximum atomic E-state index is 12.3. The average molecular weight is 765 g/mol. The molecule has 6 heteroatoms. The summed E-state index contributed by atoms with van der Waals surface area (Å²) in [5.74, 6) is -0.323. The molecule has 3 saturated heterocycles. The number of nitrogens with zero attached hydrogens (tertiary/aromatic N) is 3. The summed E-state index contributed by atoms with van der Waals surface area (Å²) in [5.41, 5.74) is 0.402. The molecule has 1 amide bonds. The molecule has 322 valence electrons. The number of carbonyl (C=O) groups excluding carboxylic acids is 1. The van der Waals surface area contributed by atoms with E-state index in [-0.39, 0.29) is 5.41 Å². The molecule has 0 aromatic heterocycles. The zero-order valence-electron chi connectivity index (χ0n) is 39.1. The van der Waals surface area contributed by atoms with Crippen molar-refractivity contribution in [2.24, 2.45) is 21.7 Å². The fourth-order valence-corrected chi connectivity index (χ4v) is 8.64. The quantitative estimate of drug-likeness (QED) is 0.141. The first kappa shape index (κ1) is 52.9. The number of hydrogen-bond acceptors (Lipinski definition) is 3. The van der Waals surface area contributed by atoms with Gasteiger partial charge in [0.1, 0.15) is 0 Å². The van der Waals surface area contributed by atoms with Gasteiger partial charge in [-0.2, -0.15) is 0 Å². The van der Waals surface area contributed by atoms with E-state index in [2.05, 4.69) is 86.1 Å². The van der Waals surface area contributed by atoms with E-state index in [1.165, 1.54) is 146 Å². The van der Waals surface area contributed by atoms with Crippen LogP contribution in [0.3, 0.4) is 0 Å². The normalized spacial score (nSPS) is 18.3. The molecule has 1 N–H and O–H groups in total. The first-order chi connectivity index (χ1) is 25.2. The number of hydrogen-bond donors (Lipinski definition) is 1. The van der Waals surface area contributed by atoms with Crippen molar-refractivity contribution in [2.45, 2.75) is 218 Å². The lowest BCUT2D eigenvalue weighted by molar-refractivity contribution is -0.919. The third-order valence-corrected chi connectivity index (χ3v) is 12.3. The standard InChI is InChI=1S/C14H30N.C13H25NO.C13H27N.C8H16O2/c1-5-6-10-14(2,3)13-15(4)11-8-7-9-12-15;1-4-5-9-13(2,3)12(15)14-10-7-6-8-11-14;1-4-5-9-13(2,3)12-14-10-7-6-8-11-14;1-4-5-6-8(2,3)7(9)10/h5-13H2,1-4H3;4-11H2,1-3H3;4-12H2,1-3H3;4-6H2,1-3H3,(H,9,10)/q+1;;;. The summed E-state index contributed by atoms with van der Waals surface area (Å²) in [6.07, 6.45) is 26.8. The van der Waals surface area contributed by atoms with Gasteiger partial charge in [-0.15, -0.1) is 0 Å². The largest absolute Gasteiger partial charge is 0.481 e. The van der Waals surface area contributed by atoms with E-state index in [1.807, 2.05) is 0 Å². The van der Waals surface area contributed by atoms with E-state index in [9.17, 15) is 9.59 Å². The van der Waals surface area contributed by atoms with Gasteiger partial charge in [0, 0.05) is 30.5 Å². The second-order valence-corrected chi connectivity index (χ2v) is 20.8. The van der Waals surface area contributed by atoms with Gasteiger partial charge in [0.2, 0.25) is 5.91 Å². The zero-order valence-corrected chi connectivity index (χ0v) is 39.1. The molecule has 3 aliphatic rings. The van der Waals surface area contributed by atoms with E-state index in [0.717, 1.165) is 45.2 Å². The molecule has 0 radical (unpaired) electrons. The Bertz CT molecular complexity index is 954. The van der Waals surface area contributed by atoms with Crippen molar-refractivity contribution in [3.63, 3.8) is 0 Å². The monoisotopic (exact) mass is 765 g/mol. The number of carbonyl (C=O) groups is 2. The van der Waals surface area contributed by atoms with Gasteiger partial charge < -0.3 is 19.4 Å². The van der Waals surface area contributed by atoms with Gasteiger partial charge in [-0.05, 0) is 109 Å². The SMILES string of the molecule is CCCCC(C)(C)C(=O)N1CCCCC1.CCCCC(C)(C)C(=O)O.CCCCC(C)(C)CN1CCCCC1.CCCCC(C)(C)C[N+]1(C)CCCCC1. The lowest BCUT2D eigenvalue weighted by Crippen LogP contribution is -2.52. The fourth-order valence-electron chi connectivity index (χ4n) is 8.64. The summed E-state index contributed by atoms with van der Waals surface area (Å²) < 4.78 is 1.33. The van der Waals surface area contributed by atoms with Gasteiger partial charge in [-0.25, -0.2) is 0 Å².